The summed E-state index contributed by atoms with van der Waals surface area (Å²) in [6, 6.07) is 10.6. The van der Waals surface area contributed by atoms with Crippen molar-refractivity contribution in [2.45, 2.75) is 0 Å². The number of hydrogen-bond acceptors (Lipinski definition) is 1. The van der Waals surface area contributed by atoms with Crippen molar-refractivity contribution in [1.82, 2.24) is 0 Å². The maximum atomic E-state index is 12.9. The molecule has 0 heterocycles. The van der Waals surface area contributed by atoms with Gasteiger partial charge in [0.25, 0.3) is 0 Å². The Morgan fingerprint density at radius 1 is 1.11 bits per heavy atom. The summed E-state index contributed by atoms with van der Waals surface area (Å²) in [7, 11) is 0. The second kappa shape index (κ2) is 6.21. The van der Waals surface area contributed by atoms with E-state index in [0.29, 0.717) is 20.0 Å². The minimum Gasteiger partial charge on any atom is -0.307 e. The van der Waals surface area contributed by atoms with E-state index >= 15 is 0 Å². The smallest absolute Gasteiger partial charge is 0.307 e. The fraction of sp³-hybridized carbons (Fsp3) is 0. The van der Waals surface area contributed by atoms with E-state index in [9.17, 15) is 9.18 Å². The summed E-state index contributed by atoms with van der Waals surface area (Å²) in [5, 5.41) is 5.70. The average Bonchev–Trinajstić information content (AvgIpc) is 2.36. The molecule has 0 fully saturated rings. The van der Waals surface area contributed by atoms with Gasteiger partial charge in [-0.25, -0.2) is 9.18 Å². The molecule has 0 aromatic heterocycles. The molecule has 2 aromatic rings. The van der Waals surface area contributed by atoms with Crippen LogP contribution in [-0.2, 0) is 0 Å². The first-order valence-electron chi connectivity index (χ1n) is 5.34. The molecule has 0 atom stereocenters. The molecule has 0 aliphatic rings. The zero-order valence-corrected chi connectivity index (χ0v) is 12.5. The molecule has 2 N–H and O–H groups in total. The average molecular weight is 391 g/mol. The predicted molar refractivity (Wildman–Crippen MR) is 83.2 cm³/mol. The van der Waals surface area contributed by atoms with Crippen molar-refractivity contribution >= 4 is 51.6 Å². The SMILES string of the molecule is O=C(Nc1ccccc1Cl)Nc1ccc(F)cc1I. The molecule has 0 aliphatic carbocycles. The first kappa shape index (κ1) is 14.1. The van der Waals surface area contributed by atoms with Crippen molar-refractivity contribution in [3.63, 3.8) is 0 Å². The van der Waals surface area contributed by atoms with Gasteiger partial charge in [-0.2, -0.15) is 0 Å². The van der Waals surface area contributed by atoms with Gasteiger partial charge in [-0.05, 0) is 52.9 Å². The number of carbonyl (C=O) groups is 1. The molecule has 2 amide bonds. The number of carbonyl (C=O) groups excluding carboxylic acids is 1. The molecule has 0 saturated heterocycles. The molecule has 19 heavy (non-hydrogen) atoms. The van der Waals surface area contributed by atoms with Gasteiger partial charge in [-0.1, -0.05) is 23.7 Å². The largest absolute Gasteiger partial charge is 0.323 e. The third kappa shape index (κ3) is 3.81. The van der Waals surface area contributed by atoms with Crippen molar-refractivity contribution in [1.29, 1.82) is 0 Å². The third-order valence-electron chi connectivity index (χ3n) is 2.30. The summed E-state index contributed by atoms with van der Waals surface area (Å²) in [4.78, 5) is 11.8. The second-order valence-corrected chi connectivity index (χ2v) is 5.25. The van der Waals surface area contributed by atoms with Gasteiger partial charge in [-0.3, -0.25) is 0 Å². The maximum absolute atomic E-state index is 12.9. The van der Waals surface area contributed by atoms with Crippen molar-refractivity contribution < 1.29 is 9.18 Å². The minimum absolute atomic E-state index is 0.346. The molecule has 0 unspecified atom stereocenters. The minimum atomic E-state index is -0.433. The maximum Gasteiger partial charge on any atom is 0.323 e. The summed E-state index contributed by atoms with van der Waals surface area (Å²) >= 11 is 7.88. The second-order valence-electron chi connectivity index (χ2n) is 3.68. The van der Waals surface area contributed by atoms with Gasteiger partial charge >= 0.3 is 6.03 Å². The summed E-state index contributed by atoms with van der Waals surface area (Å²) in [5.41, 5.74) is 1.05. The Kier molecular flexibility index (Phi) is 4.60. The first-order chi connectivity index (χ1) is 9.06. The van der Waals surface area contributed by atoms with Crippen molar-refractivity contribution in [3.8, 4) is 0 Å². The highest BCUT2D eigenvalue weighted by Gasteiger charge is 2.08. The Hall–Kier alpha value is -1.34. The van der Waals surface area contributed by atoms with Crippen LogP contribution in [0.3, 0.4) is 0 Å². The number of hydrogen-bond donors (Lipinski definition) is 2. The molecule has 98 valence electrons. The highest BCUT2D eigenvalue weighted by atomic mass is 127. The number of benzene rings is 2. The van der Waals surface area contributed by atoms with Crippen LogP contribution in [0.2, 0.25) is 5.02 Å². The zero-order valence-electron chi connectivity index (χ0n) is 9.58. The summed E-state index contributed by atoms with van der Waals surface area (Å²) < 4.78 is 13.6. The highest BCUT2D eigenvalue weighted by molar-refractivity contribution is 14.1. The lowest BCUT2D eigenvalue weighted by Crippen LogP contribution is -2.20. The van der Waals surface area contributed by atoms with E-state index < -0.39 is 6.03 Å². The standard InChI is InChI=1S/C13H9ClFIN2O/c14-9-3-1-2-4-11(9)17-13(19)18-12-6-5-8(15)7-10(12)16/h1-7H,(H2,17,18,19). The Bertz CT molecular complexity index is 621. The van der Waals surface area contributed by atoms with Gasteiger partial charge in [0.15, 0.2) is 0 Å². The van der Waals surface area contributed by atoms with E-state index in [2.05, 4.69) is 10.6 Å². The number of nitrogens with one attached hydrogen (secondary N) is 2. The molecule has 0 bridgehead atoms. The molecular weight excluding hydrogens is 382 g/mol. The fourth-order valence-electron chi connectivity index (χ4n) is 1.43. The Morgan fingerprint density at radius 2 is 1.79 bits per heavy atom. The van der Waals surface area contributed by atoms with Crippen molar-refractivity contribution in [2.75, 3.05) is 10.6 Å². The number of anilines is 2. The van der Waals surface area contributed by atoms with E-state index in [0.717, 1.165) is 0 Å². The lowest BCUT2D eigenvalue weighted by atomic mass is 10.3. The van der Waals surface area contributed by atoms with Gasteiger partial charge in [0, 0.05) is 3.57 Å². The number of halogens is 3. The molecule has 0 radical (unpaired) electrons. The molecule has 2 aromatic carbocycles. The Balaban J connectivity index is 2.08. The Morgan fingerprint density at radius 3 is 2.47 bits per heavy atom. The topological polar surface area (TPSA) is 41.1 Å². The summed E-state index contributed by atoms with van der Waals surface area (Å²) in [5.74, 6) is -0.346. The molecule has 2 rings (SSSR count). The van der Waals surface area contributed by atoms with Crippen LogP contribution < -0.4 is 10.6 Å². The highest BCUT2D eigenvalue weighted by Crippen LogP contribution is 2.22. The molecule has 3 nitrogen and oxygen atoms in total. The summed E-state index contributed by atoms with van der Waals surface area (Å²) in [6.45, 7) is 0. The number of amides is 2. The van der Waals surface area contributed by atoms with Crippen LogP contribution >= 0.6 is 34.2 Å². The van der Waals surface area contributed by atoms with Crippen LogP contribution in [0.4, 0.5) is 20.6 Å². The third-order valence-corrected chi connectivity index (χ3v) is 3.52. The molecule has 0 saturated carbocycles. The van der Waals surface area contributed by atoms with Crippen LogP contribution in [0.5, 0.6) is 0 Å². The molecule has 0 aliphatic heterocycles. The number of para-hydroxylation sites is 1. The van der Waals surface area contributed by atoms with E-state index in [4.69, 9.17) is 11.6 Å². The monoisotopic (exact) mass is 390 g/mol. The van der Waals surface area contributed by atoms with Crippen LogP contribution in [-0.4, -0.2) is 6.03 Å². The number of rotatable bonds is 2. The molecule has 0 spiro atoms. The van der Waals surface area contributed by atoms with Gasteiger partial charge in [0.05, 0.1) is 16.4 Å². The van der Waals surface area contributed by atoms with Crippen LogP contribution in [0.25, 0.3) is 0 Å². The van der Waals surface area contributed by atoms with Crippen LogP contribution in [0.15, 0.2) is 42.5 Å². The molecule has 6 heteroatoms. The van der Waals surface area contributed by atoms with E-state index in [1.54, 1.807) is 24.3 Å². The van der Waals surface area contributed by atoms with Gasteiger partial charge in [0.1, 0.15) is 5.82 Å². The lowest BCUT2D eigenvalue weighted by molar-refractivity contribution is 0.262. The predicted octanol–water partition coefficient (Wildman–Crippen LogP) is 4.73. The van der Waals surface area contributed by atoms with E-state index in [1.807, 2.05) is 22.6 Å². The van der Waals surface area contributed by atoms with Crippen LogP contribution in [0, 0.1) is 9.39 Å². The van der Waals surface area contributed by atoms with Gasteiger partial charge in [0.2, 0.25) is 0 Å². The zero-order chi connectivity index (χ0) is 13.8. The van der Waals surface area contributed by atoms with Gasteiger partial charge < -0.3 is 10.6 Å². The Labute approximate surface area is 128 Å². The number of urea groups is 1. The molecular formula is C13H9ClFIN2O. The summed E-state index contributed by atoms with van der Waals surface area (Å²) in [6.07, 6.45) is 0. The van der Waals surface area contributed by atoms with Crippen molar-refractivity contribution in [3.05, 3.63) is 56.9 Å². The van der Waals surface area contributed by atoms with Crippen LogP contribution in [0.1, 0.15) is 0 Å². The first-order valence-corrected chi connectivity index (χ1v) is 6.79. The lowest BCUT2D eigenvalue weighted by Gasteiger charge is -2.10. The van der Waals surface area contributed by atoms with E-state index in [1.165, 1.54) is 18.2 Å². The normalized spacial score (nSPS) is 10.1. The van der Waals surface area contributed by atoms with E-state index in [-0.39, 0.29) is 5.82 Å². The van der Waals surface area contributed by atoms with Crippen molar-refractivity contribution in [2.24, 2.45) is 0 Å². The van der Waals surface area contributed by atoms with Gasteiger partial charge in [-0.15, -0.1) is 0 Å². The quantitative estimate of drug-likeness (QED) is 0.715. The fourth-order valence-corrected chi connectivity index (χ4v) is 2.22.